The van der Waals surface area contributed by atoms with E-state index in [9.17, 15) is 0 Å². The Kier molecular flexibility index (Phi) is 43.1. The summed E-state index contributed by atoms with van der Waals surface area (Å²) in [5, 5.41) is 9.41. The van der Waals surface area contributed by atoms with Gasteiger partial charge in [0.25, 0.3) is 0 Å². The molecule has 0 amide bonds. The molecule has 0 aromatic rings. The Labute approximate surface area is 338 Å². The summed E-state index contributed by atoms with van der Waals surface area (Å²) in [7, 11) is -1.60. The van der Waals surface area contributed by atoms with Gasteiger partial charge >= 0.3 is 0 Å². The molecule has 0 spiro atoms. The van der Waals surface area contributed by atoms with E-state index in [1.54, 1.807) is 5.57 Å². The highest BCUT2D eigenvalue weighted by molar-refractivity contribution is 6.74. The maximum absolute atomic E-state index is 9.10. The summed E-state index contributed by atoms with van der Waals surface area (Å²) in [6, 6.07) is 0. The summed E-state index contributed by atoms with van der Waals surface area (Å²) < 4.78 is 6.40. The Bertz CT molecular complexity index is 685. The third kappa shape index (κ3) is 39.9. The van der Waals surface area contributed by atoms with E-state index in [1.807, 2.05) is 0 Å². The fourth-order valence-corrected chi connectivity index (χ4v) is 8.40. The van der Waals surface area contributed by atoms with Gasteiger partial charge in [0.1, 0.15) is 0 Å². The van der Waals surface area contributed by atoms with Gasteiger partial charge in [0, 0.05) is 13.2 Å². The standard InChI is InChI=1S/C28H58OSi.C22H46O/c1-8-10-12-14-16-18-20-23-27(24-21-19-17-15-13-11-9-2)25-22-26-29-30(6,7)28(3,4)5;1-3-5-7-9-11-13-15-18-22(20-17-21-23)19-16-14-12-10-8-6-4-2/h25H,8-24,26H2,1-7H3;22-23H,3-21H2,1-2H3. The molecule has 2 nitrogen and oxygen atoms in total. The van der Waals surface area contributed by atoms with Crippen LogP contribution >= 0.6 is 0 Å². The SMILES string of the molecule is CCCCCCCCCC(=CCCO[Si](C)(C)C(C)(C)C)CCCCCCCCC.CCCCCCCCCC(CCCO)CCCCCCCCC. The van der Waals surface area contributed by atoms with Gasteiger partial charge in [0.2, 0.25) is 0 Å². The van der Waals surface area contributed by atoms with Crippen molar-refractivity contribution in [3.8, 4) is 0 Å². The second kappa shape index (κ2) is 41.5. The quantitative estimate of drug-likeness (QED) is 0.0384. The van der Waals surface area contributed by atoms with Gasteiger partial charge in [-0.3, -0.25) is 0 Å². The molecule has 0 radical (unpaired) electrons. The molecule has 0 fully saturated rings. The first-order valence-electron chi connectivity index (χ1n) is 24.5. The zero-order chi connectivity index (χ0) is 39.7. The van der Waals surface area contributed by atoms with E-state index in [-0.39, 0.29) is 0 Å². The lowest BCUT2D eigenvalue weighted by molar-refractivity contribution is 0.261. The molecule has 0 heterocycles. The molecule has 0 aromatic heterocycles. The first-order chi connectivity index (χ1) is 25.6. The number of aliphatic hydroxyl groups excluding tert-OH is 1. The van der Waals surface area contributed by atoms with Crippen LogP contribution in [0.4, 0.5) is 0 Å². The van der Waals surface area contributed by atoms with Crippen LogP contribution < -0.4 is 0 Å². The minimum atomic E-state index is -1.60. The van der Waals surface area contributed by atoms with E-state index < -0.39 is 8.32 Å². The Morgan fingerprint density at radius 3 is 1.15 bits per heavy atom. The molecule has 0 unspecified atom stereocenters. The van der Waals surface area contributed by atoms with Crippen molar-refractivity contribution < 1.29 is 9.53 Å². The smallest absolute Gasteiger partial charge is 0.191 e. The Balaban J connectivity index is 0. The van der Waals surface area contributed by atoms with Crippen LogP contribution in [0.25, 0.3) is 0 Å². The molecule has 1 N–H and O–H groups in total. The predicted octanol–water partition coefficient (Wildman–Crippen LogP) is 18.3. The molecule has 320 valence electrons. The molecule has 0 aromatic carbocycles. The van der Waals surface area contributed by atoms with Crippen LogP contribution in [0.1, 0.15) is 273 Å². The lowest BCUT2D eigenvalue weighted by Crippen LogP contribution is -2.40. The summed E-state index contributed by atoms with van der Waals surface area (Å²) in [4.78, 5) is 0. The van der Waals surface area contributed by atoms with E-state index in [2.05, 4.69) is 67.6 Å². The summed E-state index contributed by atoms with van der Waals surface area (Å²) in [5.41, 5.74) is 1.72. The van der Waals surface area contributed by atoms with Crippen molar-refractivity contribution in [3.05, 3.63) is 11.6 Å². The van der Waals surface area contributed by atoms with Crippen LogP contribution in [-0.4, -0.2) is 26.6 Å². The zero-order valence-corrected chi connectivity index (χ0v) is 39.7. The van der Waals surface area contributed by atoms with Gasteiger partial charge in [0.15, 0.2) is 8.32 Å². The highest BCUT2D eigenvalue weighted by Gasteiger charge is 2.36. The van der Waals surface area contributed by atoms with Gasteiger partial charge in [-0.2, -0.15) is 0 Å². The van der Waals surface area contributed by atoms with Crippen molar-refractivity contribution in [3.63, 3.8) is 0 Å². The molecular formula is C50H104O2Si. The van der Waals surface area contributed by atoms with Crippen LogP contribution in [0, 0.1) is 5.92 Å². The van der Waals surface area contributed by atoms with E-state index in [0.717, 1.165) is 25.4 Å². The topological polar surface area (TPSA) is 29.5 Å². The van der Waals surface area contributed by atoms with Gasteiger partial charge in [0.05, 0.1) is 0 Å². The van der Waals surface area contributed by atoms with Gasteiger partial charge < -0.3 is 9.53 Å². The lowest BCUT2D eigenvalue weighted by atomic mass is 9.90. The van der Waals surface area contributed by atoms with Gasteiger partial charge in [-0.1, -0.05) is 240 Å². The Hall–Kier alpha value is -0.123. The van der Waals surface area contributed by atoms with Gasteiger partial charge in [-0.15, -0.1) is 0 Å². The number of allylic oxidation sites excluding steroid dienone is 1. The normalized spacial score (nSPS) is 12.0. The minimum absolute atomic E-state index is 0.315. The molecule has 0 aliphatic rings. The third-order valence-electron chi connectivity index (χ3n) is 12.2. The highest BCUT2D eigenvalue weighted by atomic mass is 28.4. The van der Waals surface area contributed by atoms with Gasteiger partial charge in [-0.05, 0) is 69.0 Å². The average Bonchev–Trinajstić information content (AvgIpc) is 3.13. The van der Waals surface area contributed by atoms with E-state index in [0.29, 0.717) is 11.6 Å². The average molecular weight is 765 g/mol. The fourth-order valence-electron chi connectivity index (χ4n) is 7.33. The second-order valence-electron chi connectivity index (χ2n) is 18.6. The van der Waals surface area contributed by atoms with Crippen molar-refractivity contribution in [1.29, 1.82) is 0 Å². The largest absolute Gasteiger partial charge is 0.417 e. The molecule has 0 aliphatic carbocycles. The maximum Gasteiger partial charge on any atom is 0.191 e. The van der Waals surface area contributed by atoms with Crippen LogP contribution in [0.5, 0.6) is 0 Å². The van der Waals surface area contributed by atoms with Gasteiger partial charge in [-0.25, -0.2) is 0 Å². The highest BCUT2D eigenvalue weighted by Crippen LogP contribution is 2.36. The van der Waals surface area contributed by atoms with E-state index in [4.69, 9.17) is 9.53 Å². The van der Waals surface area contributed by atoms with Crippen LogP contribution in [0.15, 0.2) is 11.6 Å². The summed E-state index contributed by atoms with van der Waals surface area (Å²) >= 11 is 0. The van der Waals surface area contributed by atoms with Crippen LogP contribution in [0.2, 0.25) is 18.1 Å². The van der Waals surface area contributed by atoms with Crippen molar-refractivity contribution in [2.24, 2.45) is 5.92 Å². The number of rotatable bonds is 39. The molecule has 0 aliphatic heterocycles. The summed E-state index contributed by atoms with van der Waals surface area (Å²) in [6.07, 6.45) is 50.9. The fraction of sp³-hybridized carbons (Fsp3) is 0.960. The number of hydrogen-bond donors (Lipinski definition) is 1. The number of unbranched alkanes of at least 4 members (excludes halogenated alkanes) is 24. The monoisotopic (exact) mass is 765 g/mol. The van der Waals surface area contributed by atoms with Crippen molar-refractivity contribution >= 4 is 8.32 Å². The van der Waals surface area contributed by atoms with E-state index >= 15 is 0 Å². The Morgan fingerprint density at radius 2 is 0.811 bits per heavy atom. The predicted molar refractivity (Wildman–Crippen MR) is 246 cm³/mol. The van der Waals surface area contributed by atoms with Crippen LogP contribution in [0.3, 0.4) is 0 Å². The lowest BCUT2D eigenvalue weighted by Gasteiger charge is -2.36. The number of aliphatic hydroxyl groups is 1. The molecular weight excluding hydrogens is 661 g/mol. The van der Waals surface area contributed by atoms with E-state index in [1.165, 1.54) is 212 Å². The Morgan fingerprint density at radius 1 is 0.491 bits per heavy atom. The third-order valence-corrected chi connectivity index (χ3v) is 16.8. The van der Waals surface area contributed by atoms with Crippen molar-refractivity contribution in [2.75, 3.05) is 13.2 Å². The molecule has 3 heteroatoms. The molecule has 0 bridgehead atoms. The maximum atomic E-state index is 9.10. The molecule has 0 rings (SSSR count). The molecule has 0 atom stereocenters. The first-order valence-corrected chi connectivity index (χ1v) is 27.4. The molecule has 0 saturated heterocycles. The number of hydrogen-bond acceptors (Lipinski definition) is 2. The molecule has 0 saturated carbocycles. The van der Waals surface area contributed by atoms with Crippen LogP contribution in [-0.2, 0) is 4.43 Å². The summed E-state index contributed by atoms with van der Waals surface area (Å²) in [5.74, 6) is 0.883. The minimum Gasteiger partial charge on any atom is -0.417 e. The molecule has 53 heavy (non-hydrogen) atoms. The first kappa shape index (κ1) is 55.0. The zero-order valence-electron chi connectivity index (χ0n) is 38.7. The van der Waals surface area contributed by atoms with Crippen molar-refractivity contribution in [1.82, 2.24) is 0 Å². The summed E-state index contributed by atoms with van der Waals surface area (Å²) in [6.45, 7) is 22.2. The van der Waals surface area contributed by atoms with Crippen molar-refractivity contribution in [2.45, 2.75) is 291 Å². The second-order valence-corrected chi connectivity index (χ2v) is 23.4.